The SMILES string of the molecule is COC(=O)CN1C(=O)S/C(=C\c2cccc(OC)c2OCc2ccc(F)cc2)C1=O. The van der Waals surface area contributed by atoms with Crippen LogP contribution in [-0.4, -0.2) is 42.8 Å². The van der Waals surface area contributed by atoms with Gasteiger partial charge in [-0.05, 0) is 41.6 Å². The Morgan fingerprint density at radius 2 is 1.87 bits per heavy atom. The van der Waals surface area contributed by atoms with Gasteiger partial charge >= 0.3 is 5.97 Å². The number of carbonyl (C=O) groups is 3. The van der Waals surface area contributed by atoms with E-state index in [0.29, 0.717) is 17.1 Å². The normalized spacial score (nSPS) is 14.9. The third kappa shape index (κ3) is 4.80. The molecule has 0 spiro atoms. The fourth-order valence-electron chi connectivity index (χ4n) is 2.67. The van der Waals surface area contributed by atoms with Crippen LogP contribution in [0, 0.1) is 5.82 Å². The Bertz CT molecular complexity index is 1010. The fraction of sp³-hybridized carbons (Fsp3) is 0.190. The number of imide groups is 1. The van der Waals surface area contributed by atoms with E-state index in [-0.39, 0.29) is 17.3 Å². The first kappa shape index (κ1) is 21.4. The van der Waals surface area contributed by atoms with E-state index in [4.69, 9.17) is 9.47 Å². The highest BCUT2D eigenvalue weighted by Crippen LogP contribution is 2.37. The van der Waals surface area contributed by atoms with Crippen molar-refractivity contribution >= 4 is 35.0 Å². The average molecular weight is 431 g/mol. The smallest absolute Gasteiger partial charge is 0.325 e. The van der Waals surface area contributed by atoms with Gasteiger partial charge in [0.25, 0.3) is 11.1 Å². The predicted octanol–water partition coefficient (Wildman–Crippen LogP) is 3.62. The Morgan fingerprint density at radius 1 is 1.13 bits per heavy atom. The van der Waals surface area contributed by atoms with E-state index >= 15 is 0 Å². The number of thioether (sulfide) groups is 1. The molecule has 9 heteroatoms. The first-order valence-corrected chi connectivity index (χ1v) is 9.61. The van der Waals surface area contributed by atoms with Crippen LogP contribution in [0.4, 0.5) is 9.18 Å². The molecule has 0 unspecified atom stereocenters. The van der Waals surface area contributed by atoms with Gasteiger partial charge in [-0.2, -0.15) is 0 Å². The second-order valence-electron chi connectivity index (χ2n) is 6.14. The molecule has 0 atom stereocenters. The molecule has 0 aliphatic carbocycles. The Balaban J connectivity index is 1.86. The highest BCUT2D eigenvalue weighted by Gasteiger charge is 2.36. The second-order valence-corrected chi connectivity index (χ2v) is 7.13. The molecule has 0 aromatic heterocycles. The lowest BCUT2D eigenvalue weighted by atomic mass is 10.1. The van der Waals surface area contributed by atoms with Gasteiger partial charge in [-0.25, -0.2) is 4.39 Å². The van der Waals surface area contributed by atoms with E-state index in [0.717, 1.165) is 22.2 Å². The molecule has 7 nitrogen and oxygen atoms in total. The lowest BCUT2D eigenvalue weighted by molar-refractivity contribution is -0.143. The zero-order valence-electron chi connectivity index (χ0n) is 16.2. The summed E-state index contributed by atoms with van der Waals surface area (Å²) < 4.78 is 28.8. The molecule has 3 rings (SSSR count). The van der Waals surface area contributed by atoms with Gasteiger partial charge in [0.1, 0.15) is 19.0 Å². The van der Waals surface area contributed by atoms with E-state index in [2.05, 4.69) is 4.74 Å². The van der Waals surface area contributed by atoms with Crippen molar-refractivity contribution < 1.29 is 33.0 Å². The maximum atomic E-state index is 13.1. The number of carbonyl (C=O) groups excluding carboxylic acids is 3. The van der Waals surface area contributed by atoms with Gasteiger partial charge < -0.3 is 14.2 Å². The number of ether oxygens (including phenoxy) is 3. The first-order valence-electron chi connectivity index (χ1n) is 8.79. The lowest BCUT2D eigenvalue weighted by Gasteiger charge is -2.14. The van der Waals surface area contributed by atoms with Crippen molar-refractivity contribution in [3.63, 3.8) is 0 Å². The van der Waals surface area contributed by atoms with E-state index in [1.165, 1.54) is 32.4 Å². The second kappa shape index (κ2) is 9.45. The predicted molar refractivity (Wildman–Crippen MR) is 108 cm³/mol. The van der Waals surface area contributed by atoms with Gasteiger partial charge in [-0.15, -0.1) is 0 Å². The number of nitrogens with zero attached hydrogens (tertiary/aromatic N) is 1. The van der Waals surface area contributed by atoms with Crippen LogP contribution in [-0.2, 0) is 20.9 Å². The molecule has 0 bridgehead atoms. The molecule has 0 saturated carbocycles. The maximum absolute atomic E-state index is 13.1. The number of methoxy groups -OCH3 is 2. The number of esters is 1. The summed E-state index contributed by atoms with van der Waals surface area (Å²) in [5.74, 6) is -0.839. The summed E-state index contributed by atoms with van der Waals surface area (Å²) in [7, 11) is 2.66. The van der Waals surface area contributed by atoms with E-state index in [1.807, 2.05) is 0 Å². The molecule has 1 saturated heterocycles. The minimum Gasteiger partial charge on any atom is -0.493 e. The quantitative estimate of drug-likeness (QED) is 0.489. The number of halogens is 1. The van der Waals surface area contributed by atoms with E-state index in [1.54, 1.807) is 30.3 Å². The van der Waals surface area contributed by atoms with Crippen molar-refractivity contribution in [1.29, 1.82) is 0 Å². The van der Waals surface area contributed by atoms with Crippen LogP contribution in [0.25, 0.3) is 6.08 Å². The maximum Gasteiger partial charge on any atom is 0.325 e. The van der Waals surface area contributed by atoms with Gasteiger partial charge in [-0.1, -0.05) is 24.3 Å². The zero-order valence-corrected chi connectivity index (χ0v) is 17.0. The molecule has 1 heterocycles. The number of para-hydroxylation sites is 1. The van der Waals surface area contributed by atoms with Crippen molar-refractivity contribution in [3.8, 4) is 11.5 Å². The summed E-state index contributed by atoms with van der Waals surface area (Å²) in [5.41, 5.74) is 1.26. The van der Waals surface area contributed by atoms with Crippen LogP contribution in [0.1, 0.15) is 11.1 Å². The molecule has 0 N–H and O–H groups in total. The number of hydrogen-bond donors (Lipinski definition) is 0. The van der Waals surface area contributed by atoms with Crippen molar-refractivity contribution in [2.24, 2.45) is 0 Å². The van der Waals surface area contributed by atoms with Crippen molar-refractivity contribution in [1.82, 2.24) is 4.90 Å². The first-order chi connectivity index (χ1) is 14.4. The summed E-state index contributed by atoms with van der Waals surface area (Å²) >= 11 is 0.720. The van der Waals surface area contributed by atoms with Crippen LogP contribution in [0.15, 0.2) is 47.4 Å². The summed E-state index contributed by atoms with van der Waals surface area (Å²) in [6, 6.07) is 11.0. The number of hydrogen-bond acceptors (Lipinski definition) is 7. The zero-order chi connectivity index (χ0) is 21.7. The topological polar surface area (TPSA) is 82.1 Å². The Kier molecular flexibility index (Phi) is 6.73. The van der Waals surface area contributed by atoms with Gasteiger partial charge in [0, 0.05) is 5.56 Å². The van der Waals surface area contributed by atoms with Crippen LogP contribution in [0.3, 0.4) is 0 Å². The van der Waals surface area contributed by atoms with Gasteiger partial charge in [0.2, 0.25) is 0 Å². The molecule has 156 valence electrons. The molecule has 0 radical (unpaired) electrons. The monoisotopic (exact) mass is 431 g/mol. The average Bonchev–Trinajstić information content (AvgIpc) is 3.01. The molecule has 1 fully saturated rings. The molecule has 2 aromatic carbocycles. The third-order valence-electron chi connectivity index (χ3n) is 4.20. The third-order valence-corrected chi connectivity index (χ3v) is 5.11. The highest BCUT2D eigenvalue weighted by molar-refractivity contribution is 8.18. The van der Waals surface area contributed by atoms with Crippen molar-refractivity contribution in [2.45, 2.75) is 6.61 Å². The molecule has 1 aliphatic heterocycles. The largest absolute Gasteiger partial charge is 0.493 e. The van der Waals surface area contributed by atoms with Crippen LogP contribution in [0.2, 0.25) is 0 Å². The minimum absolute atomic E-state index is 0.142. The fourth-order valence-corrected chi connectivity index (χ4v) is 3.50. The summed E-state index contributed by atoms with van der Waals surface area (Å²) in [6.07, 6.45) is 1.50. The molecule has 2 aromatic rings. The number of rotatable bonds is 7. The molecular weight excluding hydrogens is 413 g/mol. The Morgan fingerprint density at radius 3 is 2.53 bits per heavy atom. The standard InChI is InChI=1S/C21H18FNO6S/c1-27-16-5-3-4-14(19(16)29-12-13-6-8-15(22)9-7-13)10-17-20(25)23(21(26)30-17)11-18(24)28-2/h3-10H,11-12H2,1-2H3/b17-10-. The van der Waals surface area contributed by atoms with Crippen LogP contribution in [0.5, 0.6) is 11.5 Å². The van der Waals surface area contributed by atoms with Crippen molar-refractivity contribution in [2.75, 3.05) is 20.8 Å². The minimum atomic E-state index is -0.691. The summed E-state index contributed by atoms with van der Waals surface area (Å²) in [4.78, 5) is 37.1. The van der Waals surface area contributed by atoms with Crippen molar-refractivity contribution in [3.05, 3.63) is 64.3 Å². The van der Waals surface area contributed by atoms with Gasteiger partial charge in [0.05, 0.1) is 19.1 Å². The number of amides is 2. The number of benzene rings is 2. The van der Waals surface area contributed by atoms with E-state index < -0.39 is 23.7 Å². The Hall–Kier alpha value is -3.33. The Labute approximate surface area is 176 Å². The van der Waals surface area contributed by atoms with Gasteiger partial charge in [0.15, 0.2) is 11.5 Å². The molecule has 1 aliphatic rings. The lowest BCUT2D eigenvalue weighted by Crippen LogP contribution is -2.34. The summed E-state index contributed by atoms with van der Waals surface area (Å²) in [6.45, 7) is -0.310. The summed E-state index contributed by atoms with van der Waals surface area (Å²) in [5, 5.41) is -0.562. The van der Waals surface area contributed by atoms with Crippen LogP contribution >= 0.6 is 11.8 Å². The molecule has 30 heavy (non-hydrogen) atoms. The van der Waals surface area contributed by atoms with Gasteiger partial charge in [-0.3, -0.25) is 19.3 Å². The van der Waals surface area contributed by atoms with E-state index in [9.17, 15) is 18.8 Å². The highest BCUT2D eigenvalue weighted by atomic mass is 32.2. The van der Waals surface area contributed by atoms with Crippen LogP contribution < -0.4 is 9.47 Å². The molecular formula is C21H18FNO6S. The molecule has 2 amide bonds.